The molecule has 0 aliphatic rings. The van der Waals surface area contributed by atoms with Crippen molar-refractivity contribution in [2.24, 2.45) is 0 Å². The van der Waals surface area contributed by atoms with Gasteiger partial charge in [0.2, 0.25) is 0 Å². The van der Waals surface area contributed by atoms with Crippen LogP contribution in [0.2, 0.25) is 0 Å². The van der Waals surface area contributed by atoms with E-state index >= 15 is 0 Å². The fourth-order valence-electron chi connectivity index (χ4n) is 0.654. The van der Waals surface area contributed by atoms with Gasteiger partial charge in [-0.25, -0.2) is 4.79 Å². The van der Waals surface area contributed by atoms with Gasteiger partial charge in [0.25, 0.3) is 0 Å². The molecule has 0 aliphatic carbocycles. The van der Waals surface area contributed by atoms with Gasteiger partial charge in [0.05, 0.1) is 0 Å². The van der Waals surface area contributed by atoms with E-state index in [-0.39, 0.29) is 30.2 Å². The Morgan fingerprint density at radius 2 is 1.87 bits per heavy atom. The van der Waals surface area contributed by atoms with Crippen molar-refractivity contribution in [1.29, 1.82) is 0 Å². The Balaban J connectivity index is 0. The largest absolute Gasteiger partial charge is 1.00 e. The summed E-state index contributed by atoms with van der Waals surface area (Å²) in [6.45, 7) is 5.72. The molecule has 0 atom stereocenters. The molecule has 3 nitrogen and oxygen atoms in total. The van der Waals surface area contributed by atoms with Gasteiger partial charge >= 0.3 is 24.8 Å². The fourth-order valence-corrected chi connectivity index (χ4v) is 0.654. The van der Waals surface area contributed by atoms with Gasteiger partial charge in [-0.05, 0) is 12.1 Å². The van der Waals surface area contributed by atoms with Gasteiger partial charge in [0, 0.05) is 0 Å². The van der Waals surface area contributed by atoms with E-state index < -0.39 is 5.97 Å². The van der Waals surface area contributed by atoms with Crippen molar-refractivity contribution in [3.05, 3.63) is 36.8 Å². The molecule has 2 N–H and O–H groups in total. The number of unbranched alkanes of at least 4 members (excludes halogenated alkanes) is 1. The maximum atomic E-state index is 10.3. The number of hydrogen-bond donors (Lipinski definition) is 2. The monoisotopic (exact) mass is 202 g/mol. The van der Waals surface area contributed by atoms with Crippen molar-refractivity contribution in [3.8, 4) is 5.75 Å². The summed E-state index contributed by atoms with van der Waals surface area (Å²) in [7, 11) is 0. The van der Waals surface area contributed by atoms with Crippen molar-refractivity contribution in [2.75, 3.05) is 0 Å². The molecule has 1 rings (SSSR count). The minimum atomic E-state index is -1.11. The number of carbonyl (C=O) groups is 1. The summed E-state index contributed by atoms with van der Waals surface area (Å²) in [4.78, 5) is 10.3. The predicted octanol–water partition coefficient (Wildman–Crippen LogP) is -0.285. The average molecular weight is 202 g/mol. The number of benzene rings is 1. The molecule has 1 aromatic rings. The van der Waals surface area contributed by atoms with Crippen LogP contribution in [0.1, 0.15) is 30.1 Å². The van der Waals surface area contributed by atoms with Crippen LogP contribution in [0.25, 0.3) is 0 Å². The van der Waals surface area contributed by atoms with Crippen LogP contribution in [0.4, 0.5) is 0 Å². The maximum Gasteiger partial charge on any atom is 1.00 e. The second-order valence-corrected chi connectivity index (χ2v) is 2.68. The molecule has 0 saturated heterocycles. The molecular formula is C11H15LiO3. The Kier molecular flexibility index (Phi) is 10.6. The molecule has 0 aromatic heterocycles. The van der Waals surface area contributed by atoms with Crippen molar-refractivity contribution in [3.63, 3.8) is 0 Å². The SMILES string of the molecule is O=C(O)c1ccccc1O.[CH2-]CCC.[Li+]. The number of phenols is 1. The van der Waals surface area contributed by atoms with Crippen molar-refractivity contribution < 1.29 is 33.9 Å². The van der Waals surface area contributed by atoms with Crippen LogP contribution in [0.3, 0.4) is 0 Å². The van der Waals surface area contributed by atoms with Crippen LogP contribution in [0, 0.1) is 6.92 Å². The third kappa shape index (κ3) is 7.07. The van der Waals surface area contributed by atoms with Crippen molar-refractivity contribution in [2.45, 2.75) is 19.8 Å². The van der Waals surface area contributed by atoms with Crippen LogP contribution in [-0.2, 0) is 0 Å². The molecule has 4 heteroatoms. The number of carboxylic acid groups (broad SMARTS) is 1. The van der Waals surface area contributed by atoms with E-state index in [0.717, 1.165) is 6.42 Å². The number of carboxylic acids is 1. The Morgan fingerprint density at radius 3 is 2.13 bits per heavy atom. The zero-order valence-corrected chi connectivity index (χ0v) is 9.23. The third-order valence-electron chi connectivity index (χ3n) is 1.49. The minimum absolute atomic E-state index is 0. The third-order valence-corrected chi connectivity index (χ3v) is 1.49. The first-order chi connectivity index (χ1) is 6.63. The van der Waals surface area contributed by atoms with E-state index in [9.17, 15) is 4.79 Å². The van der Waals surface area contributed by atoms with Gasteiger partial charge in [0.1, 0.15) is 11.3 Å². The van der Waals surface area contributed by atoms with Gasteiger partial charge in [-0.3, -0.25) is 0 Å². The van der Waals surface area contributed by atoms with Crippen LogP contribution in [0.15, 0.2) is 24.3 Å². The van der Waals surface area contributed by atoms with Gasteiger partial charge < -0.3 is 17.1 Å². The predicted molar refractivity (Wildman–Crippen MR) is 55.3 cm³/mol. The molecule has 78 valence electrons. The second kappa shape index (κ2) is 9.64. The Hall–Kier alpha value is -0.913. The quantitative estimate of drug-likeness (QED) is 0.512. The molecule has 0 spiro atoms. The normalized spacial score (nSPS) is 8.13. The van der Waals surface area contributed by atoms with Gasteiger partial charge in [-0.2, -0.15) is 6.42 Å². The van der Waals surface area contributed by atoms with E-state index in [2.05, 4.69) is 13.8 Å². The topological polar surface area (TPSA) is 57.5 Å². The van der Waals surface area contributed by atoms with Gasteiger partial charge in [-0.1, -0.05) is 25.5 Å². The number of rotatable bonds is 2. The number of aromatic carboxylic acids is 1. The summed E-state index contributed by atoms with van der Waals surface area (Å²) in [6.07, 6.45) is 2.28. The van der Waals surface area contributed by atoms with Crippen LogP contribution >= 0.6 is 0 Å². The maximum absolute atomic E-state index is 10.3. The summed E-state index contributed by atoms with van der Waals surface area (Å²) >= 11 is 0. The molecule has 0 aliphatic heterocycles. The van der Waals surface area contributed by atoms with E-state index in [1.165, 1.54) is 18.6 Å². The molecule has 0 heterocycles. The molecular weight excluding hydrogens is 187 g/mol. The van der Waals surface area contributed by atoms with Crippen LogP contribution in [0.5, 0.6) is 5.75 Å². The molecule has 15 heavy (non-hydrogen) atoms. The first-order valence-electron chi connectivity index (χ1n) is 4.44. The van der Waals surface area contributed by atoms with Crippen molar-refractivity contribution in [1.82, 2.24) is 0 Å². The van der Waals surface area contributed by atoms with E-state index in [1.54, 1.807) is 12.1 Å². The first-order valence-corrected chi connectivity index (χ1v) is 4.44. The summed E-state index contributed by atoms with van der Waals surface area (Å²) in [5, 5.41) is 17.3. The Morgan fingerprint density at radius 1 is 1.40 bits per heavy atom. The number of para-hydroxylation sites is 1. The molecule has 0 unspecified atom stereocenters. The molecule has 1 aromatic carbocycles. The standard InChI is InChI=1S/C7H6O3.C4H9.Li/c8-6-4-2-1-3-5(6)7(9)10;1-3-4-2;/h1-4,8H,(H,9,10);1,3-4H2,2H3;/q;-1;+1. The summed E-state index contributed by atoms with van der Waals surface area (Å²) in [5.41, 5.74) is -0.0671. The minimum Gasteiger partial charge on any atom is -0.507 e. The fraction of sp³-hybridized carbons (Fsp3) is 0.273. The molecule has 0 bridgehead atoms. The van der Waals surface area contributed by atoms with Gasteiger partial charge in [0.15, 0.2) is 0 Å². The Labute approximate surface area is 102 Å². The number of hydrogen-bond acceptors (Lipinski definition) is 2. The van der Waals surface area contributed by atoms with Gasteiger partial charge in [-0.15, -0.1) is 0 Å². The summed E-state index contributed by atoms with van der Waals surface area (Å²) in [6, 6.07) is 5.81. The van der Waals surface area contributed by atoms with Crippen LogP contribution in [-0.4, -0.2) is 16.2 Å². The molecule has 0 fully saturated rings. The number of aromatic hydroxyl groups is 1. The average Bonchev–Trinajstić information content (AvgIpc) is 2.18. The first kappa shape index (κ1) is 16.5. The zero-order chi connectivity index (χ0) is 11.0. The van der Waals surface area contributed by atoms with Crippen LogP contribution < -0.4 is 18.9 Å². The molecule has 0 radical (unpaired) electrons. The van der Waals surface area contributed by atoms with Crippen molar-refractivity contribution >= 4 is 5.97 Å². The zero-order valence-electron chi connectivity index (χ0n) is 9.23. The van der Waals surface area contributed by atoms with E-state index in [0.29, 0.717) is 0 Å². The smallest absolute Gasteiger partial charge is 0.507 e. The summed E-state index contributed by atoms with van der Waals surface area (Å²) in [5.74, 6) is -1.31. The Bertz CT molecular complexity index is 285. The van der Waals surface area contributed by atoms with E-state index in [4.69, 9.17) is 10.2 Å². The molecule has 0 saturated carbocycles. The summed E-state index contributed by atoms with van der Waals surface area (Å²) < 4.78 is 0. The van der Waals surface area contributed by atoms with E-state index in [1.807, 2.05) is 0 Å². The molecule has 0 amide bonds. The second-order valence-electron chi connectivity index (χ2n) is 2.68.